The number of hydrogen-bond donors (Lipinski definition) is 0. The Bertz CT molecular complexity index is 6070. The van der Waals surface area contributed by atoms with E-state index in [0.717, 1.165) is 140 Å². The van der Waals surface area contributed by atoms with Crippen LogP contribution in [0.2, 0.25) is 0 Å². The van der Waals surface area contributed by atoms with Crippen LogP contribution >= 0.6 is 0 Å². The summed E-state index contributed by atoms with van der Waals surface area (Å²) < 4.78 is 49.7. The minimum absolute atomic E-state index is 0.113. The summed E-state index contributed by atoms with van der Waals surface area (Å²) in [7, 11) is 0. The molecule has 110 heavy (non-hydrogen) atoms. The molecule has 0 amide bonds. The number of pyridine rings is 1. The first-order valence-electron chi connectivity index (χ1n) is 42.0. The van der Waals surface area contributed by atoms with Gasteiger partial charge >= 0.3 is 0 Å². The van der Waals surface area contributed by atoms with Crippen LogP contribution in [0.4, 0.5) is 34.1 Å². The van der Waals surface area contributed by atoms with Gasteiger partial charge in [0.05, 0.1) is 29.3 Å². The molecule has 4 nitrogen and oxygen atoms in total. The molecule has 12 aromatic carbocycles. The largest absolute Gasteiger partial charge is 0.310 e. The van der Waals surface area contributed by atoms with Crippen molar-refractivity contribution in [1.29, 1.82) is 0 Å². The van der Waals surface area contributed by atoms with Gasteiger partial charge in [0.15, 0.2) is 0 Å². The molecule has 0 atom stereocenters. The normalized spacial score (nSPS) is 14.1. The fraction of sp³-hybridized carbons (Fsp3) is 0.267. The van der Waals surface area contributed by atoms with Gasteiger partial charge in [-0.25, -0.2) is 0 Å². The van der Waals surface area contributed by atoms with Crippen LogP contribution in [0, 0.1) is 0 Å². The Morgan fingerprint density at radius 3 is 1.09 bits per heavy atom. The van der Waals surface area contributed by atoms with E-state index in [1.54, 1.807) is 0 Å². The van der Waals surface area contributed by atoms with Crippen molar-refractivity contribution in [2.24, 2.45) is 0 Å². The summed E-state index contributed by atoms with van der Waals surface area (Å²) in [5, 5.41) is 2.40. The second kappa shape index (κ2) is 26.5. The van der Waals surface area contributed by atoms with Crippen molar-refractivity contribution in [3.05, 3.63) is 306 Å². The number of rotatable bonds is 9. The van der Waals surface area contributed by atoms with Crippen LogP contribution in [0.5, 0.6) is 0 Å². The Hall–Kier alpha value is -10.7. The Labute approximate surface area is 663 Å². The number of aromatic nitrogens is 2. The predicted octanol–water partition coefficient (Wildman–Crippen LogP) is 27.3. The topological polar surface area (TPSA) is 24.3 Å². The van der Waals surface area contributed by atoms with Gasteiger partial charge in [-0.1, -0.05) is 321 Å². The maximum absolute atomic E-state index is 9.82. The summed E-state index contributed by atoms with van der Waals surface area (Å²) in [4.78, 5) is 10.8. The minimum Gasteiger partial charge on any atom is -0.310 e. The Kier molecular flexibility index (Phi) is 16.2. The zero-order chi connectivity index (χ0) is 82.0. The zero-order valence-electron chi connectivity index (χ0n) is 73.4. The molecule has 2 aliphatic heterocycles. The summed E-state index contributed by atoms with van der Waals surface area (Å²) in [5.74, 6) is 0. The lowest BCUT2D eigenvalue weighted by molar-refractivity contribution is 0.531. The van der Waals surface area contributed by atoms with Crippen LogP contribution in [0.15, 0.2) is 267 Å². The van der Waals surface area contributed by atoms with Crippen molar-refractivity contribution >= 4 is 79.0 Å². The second-order valence-electron chi connectivity index (χ2n) is 38.2. The number of fused-ring (bicyclic) bond motifs is 7. The first kappa shape index (κ1) is 67.4. The van der Waals surface area contributed by atoms with Crippen LogP contribution in [0.1, 0.15) is 191 Å². The number of hydrogen-bond acceptors (Lipinski definition) is 3. The monoisotopic (exact) mass is 1440 g/mol. The van der Waals surface area contributed by atoms with Crippen LogP contribution < -0.4 is 26.2 Å². The quantitative estimate of drug-likeness (QED) is 0.135. The van der Waals surface area contributed by atoms with Crippen LogP contribution in [-0.2, 0) is 37.9 Å². The summed E-state index contributed by atoms with van der Waals surface area (Å²) in [6, 6.07) is 87.5. The van der Waals surface area contributed by atoms with Gasteiger partial charge in [-0.3, -0.25) is 4.98 Å². The van der Waals surface area contributed by atoms with Crippen molar-refractivity contribution in [3.8, 4) is 72.4 Å². The van der Waals surface area contributed by atoms with Crippen molar-refractivity contribution in [3.63, 3.8) is 0 Å². The van der Waals surface area contributed by atoms with Gasteiger partial charge < -0.3 is 14.4 Å². The second-order valence-corrected chi connectivity index (χ2v) is 38.2. The van der Waals surface area contributed by atoms with E-state index in [1.165, 1.54) is 33.0 Å². The van der Waals surface area contributed by atoms with E-state index in [9.17, 15) is 5.48 Å². The molecule has 4 heterocycles. The summed E-state index contributed by atoms with van der Waals surface area (Å²) in [5.41, 5.74) is 29.4. The molecular weight excluding hydrogens is 1330 g/mol. The molecule has 5 heteroatoms. The summed E-state index contributed by atoms with van der Waals surface area (Å²) in [6.45, 7) is 47.6. The lowest BCUT2D eigenvalue weighted by Gasteiger charge is -2.46. The highest BCUT2D eigenvalue weighted by Crippen LogP contribution is 2.56. The Balaban J connectivity index is 1.15. The molecule has 0 fully saturated rings. The third-order valence-corrected chi connectivity index (χ3v) is 23.0. The van der Waals surface area contributed by atoms with E-state index >= 15 is 0 Å². The number of nitrogens with zero attached hydrogens (tertiary/aromatic N) is 4. The van der Waals surface area contributed by atoms with Crippen molar-refractivity contribution < 1.29 is 6.85 Å². The van der Waals surface area contributed by atoms with E-state index < -0.39 is 12.8 Å². The molecule has 0 spiro atoms. The van der Waals surface area contributed by atoms with Gasteiger partial charge in [-0.15, -0.1) is 0 Å². The molecular formula is C105H107BN4. The summed E-state index contributed by atoms with van der Waals surface area (Å²) in [6.07, 6.45) is 0. The van der Waals surface area contributed by atoms with Crippen molar-refractivity contribution in [2.45, 2.75) is 183 Å². The standard InChI is InChI=1S/C105H107BN4/c1-99(2,3)74-44-34-43-70(53-74)72-55-92-96-93(56-72)110(97-80(67-37-28-23-29-38-67)61-77(102(10,11)12)62-81(97)68-39-30-24-31-40-68)91-65-79(108-88-51-46-75(100(4,5)6)59-84(88)85-60-76(101(7,8)9)47-52-89(85)108)48-50-87(91)106(96)86-49-45-71(66-35-26-22-27-36-66)54-90(86)109(92)98-82(69-41-32-25-33-42-69)63-78(103(13,14)15)64-83(98)73-57-94(104(16,17)18)107-95(58-73)105(19,20)21/h22-65H,1-21H3/i22D,26D,27D,35D,36D. The van der Waals surface area contributed by atoms with Gasteiger partial charge in [-0.2, -0.15) is 0 Å². The molecule has 0 N–H and O–H groups in total. The lowest BCUT2D eigenvalue weighted by Crippen LogP contribution is -2.61. The smallest absolute Gasteiger partial charge is 0.252 e. The fourth-order valence-electron chi connectivity index (χ4n) is 16.5. The highest BCUT2D eigenvalue weighted by atomic mass is 15.2. The van der Waals surface area contributed by atoms with Gasteiger partial charge in [-0.05, 0) is 207 Å². The third-order valence-electron chi connectivity index (χ3n) is 23.0. The Morgan fingerprint density at radius 2 is 0.664 bits per heavy atom. The van der Waals surface area contributed by atoms with E-state index in [-0.39, 0.29) is 67.6 Å². The number of anilines is 6. The molecule has 16 rings (SSSR count). The molecule has 0 saturated heterocycles. The Morgan fingerprint density at radius 1 is 0.282 bits per heavy atom. The van der Waals surface area contributed by atoms with E-state index in [0.29, 0.717) is 5.56 Å². The van der Waals surface area contributed by atoms with Gasteiger partial charge in [0.2, 0.25) is 0 Å². The average Bonchev–Trinajstić information content (AvgIpc) is 0.845. The molecule has 0 bridgehead atoms. The third kappa shape index (κ3) is 13.2. The molecule has 2 aliphatic rings. The molecule has 0 aliphatic carbocycles. The molecule has 550 valence electrons. The van der Waals surface area contributed by atoms with Crippen LogP contribution in [0.25, 0.3) is 94.3 Å². The highest BCUT2D eigenvalue weighted by Gasteiger charge is 2.47. The maximum atomic E-state index is 9.82. The van der Waals surface area contributed by atoms with Crippen LogP contribution in [-0.4, -0.2) is 16.3 Å². The zero-order valence-corrected chi connectivity index (χ0v) is 68.4. The molecule has 0 radical (unpaired) electrons. The molecule has 0 unspecified atom stereocenters. The average molecular weight is 1440 g/mol. The van der Waals surface area contributed by atoms with Gasteiger partial charge in [0.1, 0.15) is 0 Å². The van der Waals surface area contributed by atoms with Crippen molar-refractivity contribution in [2.75, 3.05) is 9.80 Å². The summed E-state index contributed by atoms with van der Waals surface area (Å²) >= 11 is 0. The van der Waals surface area contributed by atoms with Gasteiger partial charge in [0, 0.05) is 83.7 Å². The SMILES string of the molecule is [2H]c1c([2H])c([2H])c(-c2ccc3c(c2)N(c2c(-c4ccccc4)cc(C(C)(C)C)cc2-c2cc(C(C)(C)C)nc(C(C)(C)C)c2)c2cc(-c4cccc(C(C)(C)C)c4)cc4c2B3c2ccc(-n3c5ccc(C(C)(C)C)cc5c5cc(C(C)(C)C)ccc53)cc2N4c2c(-c3ccccc3)cc(C(C)(C)C)cc2-c2ccccc2)c([2H])c1[2H]. The predicted molar refractivity (Wildman–Crippen MR) is 476 cm³/mol. The number of benzene rings is 12. The van der Waals surface area contributed by atoms with E-state index in [2.05, 4.69) is 390 Å². The lowest BCUT2D eigenvalue weighted by atomic mass is 9.33. The van der Waals surface area contributed by atoms with Gasteiger partial charge in [0.25, 0.3) is 6.71 Å². The molecule has 14 aromatic rings. The molecule has 2 aromatic heterocycles. The fourth-order valence-corrected chi connectivity index (χ4v) is 16.5. The minimum atomic E-state index is -0.477. The molecule has 0 saturated carbocycles. The van der Waals surface area contributed by atoms with E-state index in [4.69, 9.17) is 6.35 Å². The maximum Gasteiger partial charge on any atom is 0.252 e. The highest BCUT2D eigenvalue weighted by molar-refractivity contribution is 7.00. The first-order valence-corrected chi connectivity index (χ1v) is 39.5. The van der Waals surface area contributed by atoms with Crippen LogP contribution in [0.3, 0.4) is 0 Å². The van der Waals surface area contributed by atoms with Crippen molar-refractivity contribution in [1.82, 2.24) is 9.55 Å². The first-order chi connectivity index (χ1) is 54.0. The van der Waals surface area contributed by atoms with E-state index in [1.807, 2.05) is 6.07 Å².